The number of rotatable bonds is 5. The molecule has 1 fully saturated rings. The van der Waals surface area contributed by atoms with E-state index in [4.69, 9.17) is 27.9 Å². The van der Waals surface area contributed by atoms with Gasteiger partial charge in [-0.15, -0.1) is 0 Å². The highest BCUT2D eigenvalue weighted by Gasteiger charge is 2.42. The molecule has 0 saturated heterocycles. The fraction of sp³-hybridized carbons (Fsp3) is 0.263. The van der Waals surface area contributed by atoms with Crippen LogP contribution in [-0.2, 0) is 14.3 Å². The Morgan fingerprint density at radius 1 is 1.12 bits per heavy atom. The lowest BCUT2D eigenvalue weighted by Crippen LogP contribution is -2.26. The summed E-state index contributed by atoms with van der Waals surface area (Å²) in [6, 6.07) is 13.6. The van der Waals surface area contributed by atoms with Crippen LogP contribution in [0.4, 0.5) is 5.69 Å². The van der Waals surface area contributed by atoms with Crippen LogP contribution in [0.25, 0.3) is 0 Å². The van der Waals surface area contributed by atoms with E-state index < -0.39 is 12.0 Å². The van der Waals surface area contributed by atoms with Crippen LogP contribution in [0.5, 0.6) is 0 Å². The van der Waals surface area contributed by atoms with Crippen LogP contribution in [0.2, 0.25) is 10.0 Å². The molecule has 0 spiro atoms. The number of carbonyl (C=O) groups excluding carboxylic acids is 2. The van der Waals surface area contributed by atoms with E-state index in [1.54, 1.807) is 42.5 Å². The van der Waals surface area contributed by atoms with Crippen molar-refractivity contribution >= 4 is 40.8 Å². The zero-order valence-electron chi connectivity index (χ0n) is 13.5. The molecule has 0 bridgehead atoms. The molecule has 0 radical (unpaired) electrons. The van der Waals surface area contributed by atoms with Gasteiger partial charge in [-0.1, -0.05) is 60.5 Å². The Morgan fingerprint density at radius 2 is 1.72 bits per heavy atom. The molecule has 6 heteroatoms. The standard InChI is InChI=1S/C19H17Cl2NO3/c1-11-7-16(11)19(24)25-17(12-5-3-2-4-6-12)18(23)22-15-9-13(20)8-14(21)10-15/h2-6,8-11,16-17H,7H2,1H3,(H,22,23)/t11-,16-,17+/m1/s1. The van der Waals surface area contributed by atoms with Crippen molar-refractivity contribution in [3.8, 4) is 0 Å². The minimum Gasteiger partial charge on any atom is -0.447 e. The van der Waals surface area contributed by atoms with Crippen LogP contribution in [0.3, 0.4) is 0 Å². The summed E-state index contributed by atoms with van der Waals surface area (Å²) in [7, 11) is 0. The molecule has 1 aliphatic carbocycles. The summed E-state index contributed by atoms with van der Waals surface area (Å²) in [6.45, 7) is 1.98. The molecular formula is C19H17Cl2NO3. The lowest BCUT2D eigenvalue weighted by atomic mass is 10.1. The highest BCUT2D eigenvalue weighted by molar-refractivity contribution is 6.35. The van der Waals surface area contributed by atoms with Gasteiger partial charge < -0.3 is 10.1 Å². The van der Waals surface area contributed by atoms with Gasteiger partial charge in [-0.2, -0.15) is 0 Å². The summed E-state index contributed by atoms with van der Waals surface area (Å²) in [5, 5.41) is 3.52. The highest BCUT2D eigenvalue weighted by atomic mass is 35.5. The molecule has 0 aromatic heterocycles. The van der Waals surface area contributed by atoms with E-state index in [1.807, 2.05) is 13.0 Å². The van der Waals surface area contributed by atoms with E-state index in [-0.39, 0.29) is 11.9 Å². The van der Waals surface area contributed by atoms with Crippen molar-refractivity contribution in [1.29, 1.82) is 0 Å². The average molecular weight is 378 g/mol. The molecule has 0 heterocycles. The highest BCUT2D eigenvalue weighted by Crippen LogP contribution is 2.40. The third-order valence-electron chi connectivity index (χ3n) is 4.12. The van der Waals surface area contributed by atoms with Gasteiger partial charge >= 0.3 is 5.97 Å². The third kappa shape index (κ3) is 4.53. The third-order valence-corrected chi connectivity index (χ3v) is 4.55. The fourth-order valence-corrected chi connectivity index (χ4v) is 3.11. The molecule has 2 aromatic rings. The Hall–Kier alpha value is -2.04. The van der Waals surface area contributed by atoms with Crippen LogP contribution in [0, 0.1) is 11.8 Å². The number of hydrogen-bond acceptors (Lipinski definition) is 3. The van der Waals surface area contributed by atoms with Crippen LogP contribution in [-0.4, -0.2) is 11.9 Å². The van der Waals surface area contributed by atoms with Gasteiger partial charge in [0.15, 0.2) is 0 Å². The zero-order chi connectivity index (χ0) is 18.0. The normalized spacial score (nSPS) is 19.8. The van der Waals surface area contributed by atoms with Crippen molar-refractivity contribution < 1.29 is 14.3 Å². The van der Waals surface area contributed by atoms with Crippen LogP contribution >= 0.6 is 23.2 Å². The van der Waals surface area contributed by atoms with Crippen LogP contribution in [0.1, 0.15) is 25.0 Å². The maximum atomic E-state index is 12.7. The maximum absolute atomic E-state index is 12.7. The lowest BCUT2D eigenvalue weighted by Gasteiger charge is -2.18. The molecule has 4 nitrogen and oxygen atoms in total. The van der Waals surface area contributed by atoms with Crippen molar-refractivity contribution in [2.24, 2.45) is 11.8 Å². The molecule has 1 amide bonds. The molecule has 1 saturated carbocycles. The quantitative estimate of drug-likeness (QED) is 0.755. The molecule has 130 valence electrons. The molecule has 1 N–H and O–H groups in total. The Balaban J connectivity index is 1.80. The van der Waals surface area contributed by atoms with Crippen molar-refractivity contribution in [2.45, 2.75) is 19.4 Å². The molecular weight excluding hydrogens is 361 g/mol. The van der Waals surface area contributed by atoms with E-state index in [0.717, 1.165) is 6.42 Å². The number of ether oxygens (including phenoxy) is 1. The molecule has 25 heavy (non-hydrogen) atoms. The predicted molar refractivity (Wildman–Crippen MR) is 97.6 cm³/mol. The Labute approximate surface area is 156 Å². The Bertz CT molecular complexity index is 774. The first-order valence-electron chi connectivity index (χ1n) is 7.96. The molecule has 3 rings (SSSR count). The minimum absolute atomic E-state index is 0.125. The van der Waals surface area contributed by atoms with Crippen LogP contribution in [0.15, 0.2) is 48.5 Å². The summed E-state index contributed by atoms with van der Waals surface area (Å²) in [6.07, 6.45) is -0.231. The predicted octanol–water partition coefficient (Wildman–Crippen LogP) is 4.87. The first-order valence-corrected chi connectivity index (χ1v) is 8.72. The van der Waals surface area contributed by atoms with Crippen molar-refractivity contribution in [1.82, 2.24) is 0 Å². The zero-order valence-corrected chi connectivity index (χ0v) is 15.1. The van der Waals surface area contributed by atoms with Crippen molar-refractivity contribution in [3.63, 3.8) is 0 Å². The first kappa shape index (κ1) is 17.8. The lowest BCUT2D eigenvalue weighted by molar-refractivity contribution is -0.156. The molecule has 3 atom stereocenters. The van der Waals surface area contributed by atoms with Gasteiger partial charge in [0.05, 0.1) is 5.92 Å². The fourth-order valence-electron chi connectivity index (χ4n) is 2.59. The second-order valence-corrected chi connectivity index (χ2v) is 7.07. The van der Waals surface area contributed by atoms with Gasteiger partial charge in [-0.25, -0.2) is 0 Å². The minimum atomic E-state index is -1.03. The number of halogens is 2. The number of hydrogen-bond donors (Lipinski definition) is 1. The van der Waals surface area contributed by atoms with Crippen LogP contribution < -0.4 is 5.32 Å². The van der Waals surface area contributed by atoms with Gasteiger partial charge in [-0.3, -0.25) is 9.59 Å². The average Bonchev–Trinajstić information content (AvgIpc) is 3.29. The van der Waals surface area contributed by atoms with Gasteiger partial charge in [0, 0.05) is 21.3 Å². The summed E-state index contributed by atoms with van der Waals surface area (Å²) in [5.41, 5.74) is 1.05. The number of esters is 1. The number of anilines is 1. The number of nitrogens with one attached hydrogen (secondary N) is 1. The summed E-state index contributed by atoms with van der Waals surface area (Å²) in [5.74, 6) is -0.620. The summed E-state index contributed by atoms with van der Waals surface area (Å²) < 4.78 is 5.51. The number of amides is 1. The largest absolute Gasteiger partial charge is 0.447 e. The Kier molecular flexibility index (Phi) is 5.30. The molecule has 2 aromatic carbocycles. The molecule has 0 unspecified atom stereocenters. The van der Waals surface area contributed by atoms with Crippen molar-refractivity contribution in [2.75, 3.05) is 5.32 Å². The second kappa shape index (κ2) is 7.46. The van der Waals surface area contributed by atoms with Crippen molar-refractivity contribution in [3.05, 3.63) is 64.1 Å². The molecule has 0 aliphatic heterocycles. The van der Waals surface area contributed by atoms with E-state index >= 15 is 0 Å². The van der Waals surface area contributed by atoms with E-state index in [2.05, 4.69) is 5.32 Å². The van der Waals surface area contributed by atoms with Gasteiger partial charge in [0.2, 0.25) is 6.10 Å². The van der Waals surface area contributed by atoms with E-state index in [0.29, 0.717) is 27.2 Å². The monoisotopic (exact) mass is 377 g/mol. The Morgan fingerprint density at radius 3 is 2.28 bits per heavy atom. The van der Waals surface area contributed by atoms with Gasteiger partial charge in [0.1, 0.15) is 0 Å². The van der Waals surface area contributed by atoms with Gasteiger partial charge in [0.25, 0.3) is 5.91 Å². The molecule has 1 aliphatic rings. The number of carbonyl (C=O) groups is 2. The maximum Gasteiger partial charge on any atom is 0.310 e. The van der Waals surface area contributed by atoms with E-state index in [1.165, 1.54) is 0 Å². The summed E-state index contributed by atoms with van der Waals surface area (Å²) in [4.78, 5) is 24.9. The SMILES string of the molecule is C[C@@H]1C[C@H]1C(=O)O[C@H](C(=O)Nc1cc(Cl)cc(Cl)c1)c1ccccc1. The smallest absolute Gasteiger partial charge is 0.310 e. The van der Waals surface area contributed by atoms with E-state index in [9.17, 15) is 9.59 Å². The first-order chi connectivity index (χ1) is 11.9. The second-order valence-electron chi connectivity index (χ2n) is 6.19. The topological polar surface area (TPSA) is 55.4 Å². The van der Waals surface area contributed by atoms with Gasteiger partial charge in [-0.05, 0) is 30.5 Å². The number of benzene rings is 2. The summed E-state index contributed by atoms with van der Waals surface area (Å²) >= 11 is 11.9.